The highest BCUT2D eigenvalue weighted by Crippen LogP contribution is 2.20. The molecule has 0 saturated carbocycles. The second kappa shape index (κ2) is 5.36. The Bertz CT molecular complexity index is 754. The van der Waals surface area contributed by atoms with Gasteiger partial charge < -0.3 is 9.13 Å². The van der Waals surface area contributed by atoms with Crippen molar-refractivity contribution in [1.29, 1.82) is 0 Å². The number of H-pyrrole nitrogens is 1. The lowest BCUT2D eigenvalue weighted by atomic mass is 10.1. The van der Waals surface area contributed by atoms with Crippen LogP contribution in [0, 0.1) is 18.6 Å². The molecule has 0 aliphatic carbocycles. The molecule has 0 spiro atoms. The number of rotatable bonds is 3. The summed E-state index contributed by atoms with van der Waals surface area (Å²) in [6.07, 6.45) is 0.905. The lowest BCUT2D eigenvalue weighted by molar-refractivity contribution is 0.502. The minimum absolute atomic E-state index is 0.00560. The van der Waals surface area contributed by atoms with E-state index in [4.69, 9.17) is 12.2 Å². The van der Waals surface area contributed by atoms with Crippen LogP contribution in [0.1, 0.15) is 37.6 Å². The fourth-order valence-electron chi connectivity index (χ4n) is 2.48. The number of aryl methyl sites for hydroxylation is 2. The number of pyridine rings is 1. The molecule has 20 heavy (non-hydrogen) atoms. The molecule has 0 saturated heterocycles. The summed E-state index contributed by atoms with van der Waals surface area (Å²) >= 11 is 5.13. The highest BCUT2D eigenvalue weighted by Gasteiger charge is 2.18. The first-order valence-electron chi connectivity index (χ1n) is 6.73. The number of aromatic nitrogens is 4. The highest BCUT2D eigenvalue weighted by atomic mass is 32.1. The van der Waals surface area contributed by atoms with E-state index in [0.717, 1.165) is 17.7 Å². The first-order chi connectivity index (χ1) is 9.38. The number of aromatic amines is 1. The van der Waals surface area contributed by atoms with E-state index in [1.54, 1.807) is 4.57 Å². The Morgan fingerprint density at radius 3 is 2.60 bits per heavy atom. The summed E-state index contributed by atoms with van der Waals surface area (Å²) in [5.74, 6) is 0.592. The van der Waals surface area contributed by atoms with Gasteiger partial charge in [0, 0.05) is 18.8 Å². The van der Waals surface area contributed by atoms with Crippen LogP contribution in [-0.4, -0.2) is 19.3 Å². The van der Waals surface area contributed by atoms with Gasteiger partial charge in [0.15, 0.2) is 10.6 Å². The molecule has 1 atom stereocenters. The molecule has 108 valence electrons. The van der Waals surface area contributed by atoms with Gasteiger partial charge in [-0.3, -0.25) is 9.89 Å². The van der Waals surface area contributed by atoms with E-state index in [2.05, 4.69) is 24.0 Å². The van der Waals surface area contributed by atoms with Gasteiger partial charge in [-0.05, 0) is 51.0 Å². The van der Waals surface area contributed by atoms with Crippen LogP contribution in [0.5, 0.6) is 0 Å². The van der Waals surface area contributed by atoms with E-state index in [1.807, 2.05) is 31.5 Å². The van der Waals surface area contributed by atoms with Gasteiger partial charge in [0.2, 0.25) is 0 Å². The minimum atomic E-state index is -0.00560. The minimum Gasteiger partial charge on any atom is -0.310 e. The molecule has 2 heterocycles. The lowest BCUT2D eigenvalue weighted by Gasteiger charge is -2.19. The van der Waals surface area contributed by atoms with E-state index >= 15 is 0 Å². The third-order valence-electron chi connectivity index (χ3n) is 3.77. The Kier molecular flexibility index (Phi) is 3.94. The standard InChI is InChI=1S/C14H20N4OS/c1-6-9(3)18-10(4)7-8(2)11(13(18)19)12-15-16-14(20)17(12)5/h7,9H,6H2,1-5H3,(H,16,20). The molecule has 0 radical (unpaired) electrons. The molecule has 0 aliphatic heterocycles. The zero-order chi connectivity index (χ0) is 15.0. The molecular weight excluding hydrogens is 272 g/mol. The first kappa shape index (κ1) is 14.7. The molecule has 0 fully saturated rings. The fourth-order valence-corrected chi connectivity index (χ4v) is 2.61. The van der Waals surface area contributed by atoms with E-state index < -0.39 is 0 Å². The predicted molar refractivity (Wildman–Crippen MR) is 82.6 cm³/mol. The van der Waals surface area contributed by atoms with E-state index in [1.165, 1.54) is 0 Å². The lowest BCUT2D eigenvalue weighted by Crippen LogP contribution is -2.28. The highest BCUT2D eigenvalue weighted by molar-refractivity contribution is 7.71. The van der Waals surface area contributed by atoms with Crippen LogP contribution >= 0.6 is 12.2 Å². The molecular formula is C14H20N4OS. The van der Waals surface area contributed by atoms with Crippen LogP contribution < -0.4 is 5.56 Å². The Balaban J connectivity index is 2.81. The Morgan fingerprint density at radius 2 is 2.10 bits per heavy atom. The van der Waals surface area contributed by atoms with Crippen LogP contribution in [0.2, 0.25) is 0 Å². The van der Waals surface area contributed by atoms with Gasteiger partial charge in [-0.2, -0.15) is 5.10 Å². The van der Waals surface area contributed by atoms with Crippen molar-refractivity contribution in [3.05, 3.63) is 32.4 Å². The van der Waals surface area contributed by atoms with Crippen molar-refractivity contribution in [2.45, 2.75) is 40.2 Å². The maximum Gasteiger partial charge on any atom is 0.262 e. The number of hydrogen-bond donors (Lipinski definition) is 1. The van der Waals surface area contributed by atoms with E-state index in [0.29, 0.717) is 16.2 Å². The third-order valence-corrected chi connectivity index (χ3v) is 4.13. The molecule has 2 aromatic rings. The van der Waals surface area contributed by atoms with Gasteiger partial charge >= 0.3 is 0 Å². The number of nitrogens with one attached hydrogen (secondary N) is 1. The summed E-state index contributed by atoms with van der Waals surface area (Å²) in [6.45, 7) is 8.03. The van der Waals surface area contributed by atoms with Gasteiger partial charge in [-0.15, -0.1) is 0 Å². The number of hydrogen-bond acceptors (Lipinski definition) is 3. The van der Waals surface area contributed by atoms with Crippen LogP contribution in [-0.2, 0) is 7.05 Å². The van der Waals surface area contributed by atoms with Gasteiger partial charge in [-0.1, -0.05) is 6.92 Å². The summed E-state index contributed by atoms with van der Waals surface area (Å²) < 4.78 is 4.07. The van der Waals surface area contributed by atoms with Crippen LogP contribution in [0.3, 0.4) is 0 Å². The van der Waals surface area contributed by atoms with Gasteiger partial charge in [0.05, 0.1) is 5.56 Å². The van der Waals surface area contributed by atoms with Gasteiger partial charge in [-0.25, -0.2) is 0 Å². The summed E-state index contributed by atoms with van der Waals surface area (Å²) in [6, 6.07) is 2.19. The van der Waals surface area contributed by atoms with Crippen molar-refractivity contribution in [2.24, 2.45) is 7.05 Å². The van der Waals surface area contributed by atoms with Crippen molar-refractivity contribution in [3.8, 4) is 11.4 Å². The average molecular weight is 292 g/mol. The number of nitrogens with zero attached hydrogens (tertiary/aromatic N) is 3. The molecule has 0 aliphatic rings. The van der Waals surface area contributed by atoms with Crippen molar-refractivity contribution in [1.82, 2.24) is 19.3 Å². The molecule has 1 unspecified atom stereocenters. The Labute approximate surface area is 123 Å². The molecule has 2 aromatic heterocycles. The smallest absolute Gasteiger partial charge is 0.262 e. The fraction of sp³-hybridized carbons (Fsp3) is 0.500. The average Bonchev–Trinajstić information content (AvgIpc) is 2.70. The third kappa shape index (κ3) is 2.24. The molecule has 0 amide bonds. The first-order valence-corrected chi connectivity index (χ1v) is 7.13. The summed E-state index contributed by atoms with van der Waals surface area (Å²) in [5.41, 5.74) is 2.51. The van der Waals surface area contributed by atoms with Crippen LogP contribution in [0.15, 0.2) is 10.9 Å². The normalized spacial score (nSPS) is 12.7. The zero-order valence-corrected chi connectivity index (χ0v) is 13.3. The van der Waals surface area contributed by atoms with Crippen molar-refractivity contribution >= 4 is 12.2 Å². The largest absolute Gasteiger partial charge is 0.310 e. The van der Waals surface area contributed by atoms with Crippen LogP contribution in [0.4, 0.5) is 0 Å². The topological polar surface area (TPSA) is 55.6 Å². The maximum atomic E-state index is 12.8. The van der Waals surface area contributed by atoms with Crippen molar-refractivity contribution < 1.29 is 0 Å². The summed E-state index contributed by atoms with van der Waals surface area (Å²) in [4.78, 5) is 12.8. The van der Waals surface area contributed by atoms with Gasteiger partial charge in [0.1, 0.15) is 0 Å². The molecule has 1 N–H and O–H groups in total. The second-order valence-corrected chi connectivity index (χ2v) is 5.57. The Hall–Kier alpha value is -1.69. The molecule has 2 rings (SSSR count). The monoisotopic (exact) mass is 292 g/mol. The maximum absolute atomic E-state index is 12.8. The molecule has 6 heteroatoms. The summed E-state index contributed by atoms with van der Waals surface area (Å²) in [5, 5.41) is 6.93. The zero-order valence-electron chi connectivity index (χ0n) is 12.5. The quantitative estimate of drug-likeness (QED) is 0.885. The predicted octanol–water partition coefficient (Wildman–Crippen LogP) is 2.89. The molecule has 0 bridgehead atoms. The van der Waals surface area contributed by atoms with E-state index in [9.17, 15) is 4.79 Å². The second-order valence-electron chi connectivity index (χ2n) is 5.19. The van der Waals surface area contributed by atoms with E-state index in [-0.39, 0.29) is 11.6 Å². The summed E-state index contributed by atoms with van der Waals surface area (Å²) in [7, 11) is 1.81. The SMILES string of the molecule is CCC(C)n1c(C)cc(C)c(-c2n[nH]c(=S)n2C)c1=O. The van der Waals surface area contributed by atoms with Crippen molar-refractivity contribution in [3.63, 3.8) is 0 Å². The molecule has 0 aromatic carbocycles. The Morgan fingerprint density at radius 1 is 1.45 bits per heavy atom. The van der Waals surface area contributed by atoms with Crippen LogP contribution in [0.25, 0.3) is 11.4 Å². The van der Waals surface area contributed by atoms with Gasteiger partial charge in [0.25, 0.3) is 5.56 Å². The molecule has 5 nitrogen and oxygen atoms in total. The van der Waals surface area contributed by atoms with Crippen molar-refractivity contribution in [2.75, 3.05) is 0 Å².